The van der Waals surface area contributed by atoms with Crippen LogP contribution in [0.1, 0.15) is 25.5 Å². The van der Waals surface area contributed by atoms with Gasteiger partial charge in [-0.2, -0.15) is 0 Å². The quantitative estimate of drug-likeness (QED) is 0.768. The molecule has 1 aliphatic carbocycles. The lowest BCUT2D eigenvalue weighted by atomic mass is 10.2. The van der Waals surface area contributed by atoms with Gasteiger partial charge in [0.05, 0.1) is 10.7 Å². The van der Waals surface area contributed by atoms with Gasteiger partial charge in [-0.3, -0.25) is 4.90 Å². The molecule has 0 aromatic carbocycles. The van der Waals surface area contributed by atoms with Gasteiger partial charge >= 0.3 is 0 Å². The Kier molecular flexibility index (Phi) is 3.73. The topological polar surface area (TPSA) is 16.1 Å². The molecular formula is C12H16Cl2N2. The van der Waals surface area contributed by atoms with Crippen LogP contribution in [0.2, 0.25) is 10.2 Å². The van der Waals surface area contributed by atoms with Crippen LogP contribution in [0, 0.1) is 5.92 Å². The molecule has 1 aromatic rings. The van der Waals surface area contributed by atoms with Gasteiger partial charge in [-0.25, -0.2) is 4.98 Å². The van der Waals surface area contributed by atoms with Gasteiger partial charge < -0.3 is 0 Å². The van der Waals surface area contributed by atoms with E-state index in [1.54, 1.807) is 6.07 Å². The highest BCUT2D eigenvalue weighted by Crippen LogP contribution is 2.35. The molecule has 1 aliphatic rings. The van der Waals surface area contributed by atoms with E-state index in [9.17, 15) is 0 Å². The van der Waals surface area contributed by atoms with Crippen LogP contribution in [0.4, 0.5) is 0 Å². The van der Waals surface area contributed by atoms with E-state index in [-0.39, 0.29) is 0 Å². The average molecular weight is 259 g/mol. The molecule has 1 saturated carbocycles. The molecule has 1 fully saturated rings. The summed E-state index contributed by atoms with van der Waals surface area (Å²) in [4.78, 5) is 6.56. The molecular weight excluding hydrogens is 243 g/mol. The van der Waals surface area contributed by atoms with Gasteiger partial charge in [-0.1, -0.05) is 23.2 Å². The largest absolute Gasteiger partial charge is 0.298 e. The van der Waals surface area contributed by atoms with Crippen molar-refractivity contribution in [3.63, 3.8) is 0 Å². The molecule has 0 radical (unpaired) electrons. The van der Waals surface area contributed by atoms with E-state index in [2.05, 4.69) is 23.9 Å². The molecule has 2 nitrogen and oxygen atoms in total. The average Bonchev–Trinajstić information content (AvgIpc) is 3.06. The van der Waals surface area contributed by atoms with Crippen LogP contribution in [0.3, 0.4) is 0 Å². The number of pyridine rings is 1. The van der Waals surface area contributed by atoms with E-state index in [1.165, 1.54) is 12.8 Å². The second-order valence-electron chi connectivity index (χ2n) is 4.56. The summed E-state index contributed by atoms with van der Waals surface area (Å²) in [6, 6.07) is 4.12. The molecule has 16 heavy (non-hydrogen) atoms. The van der Waals surface area contributed by atoms with Crippen LogP contribution in [-0.4, -0.2) is 23.0 Å². The predicted octanol–water partition coefficient (Wildman–Crippen LogP) is 3.62. The third-order valence-corrected chi connectivity index (χ3v) is 3.84. The highest BCUT2D eigenvalue weighted by Gasteiger charge is 2.30. The highest BCUT2D eigenvalue weighted by atomic mass is 35.5. The molecule has 0 amide bonds. The summed E-state index contributed by atoms with van der Waals surface area (Å²) < 4.78 is 0. The lowest BCUT2D eigenvalue weighted by Gasteiger charge is -2.24. The summed E-state index contributed by atoms with van der Waals surface area (Å²) in [5.74, 6) is 0.850. The molecule has 4 heteroatoms. The Balaban J connectivity index is 2.04. The minimum absolute atomic E-state index is 0.506. The van der Waals surface area contributed by atoms with Gasteiger partial charge in [0.25, 0.3) is 0 Å². The van der Waals surface area contributed by atoms with Crippen LogP contribution < -0.4 is 0 Å². The Labute approximate surface area is 107 Å². The zero-order valence-corrected chi connectivity index (χ0v) is 11.1. The summed E-state index contributed by atoms with van der Waals surface area (Å²) in [5, 5.41) is 1.20. The number of aromatic nitrogens is 1. The highest BCUT2D eigenvalue weighted by molar-refractivity contribution is 6.32. The summed E-state index contributed by atoms with van der Waals surface area (Å²) in [7, 11) is 2.11. The van der Waals surface area contributed by atoms with Gasteiger partial charge in [0, 0.05) is 12.6 Å². The zero-order valence-electron chi connectivity index (χ0n) is 9.58. The molecule has 1 aromatic heterocycles. The number of halogens is 2. The summed E-state index contributed by atoms with van der Waals surface area (Å²) in [6.07, 6.45) is 2.70. The molecule has 0 N–H and O–H groups in total. The summed E-state index contributed by atoms with van der Waals surface area (Å²) in [6.45, 7) is 3.02. The maximum Gasteiger partial charge on any atom is 0.129 e. The van der Waals surface area contributed by atoms with Crippen molar-refractivity contribution in [2.75, 3.05) is 7.05 Å². The molecule has 0 spiro atoms. The van der Waals surface area contributed by atoms with E-state index < -0.39 is 0 Å². The standard InChI is InChI=1S/C12H16Cl2N2/c1-8(9-3-4-9)16(2)7-11-10(13)5-6-12(14)15-11/h5-6,8-9H,3-4,7H2,1-2H3. The molecule has 0 aliphatic heterocycles. The van der Waals surface area contributed by atoms with Crippen molar-refractivity contribution in [2.24, 2.45) is 5.92 Å². The van der Waals surface area contributed by atoms with Crippen LogP contribution >= 0.6 is 23.2 Å². The normalized spacial score (nSPS) is 17.8. The van der Waals surface area contributed by atoms with E-state index in [1.807, 2.05) is 6.07 Å². The minimum Gasteiger partial charge on any atom is -0.298 e. The second-order valence-corrected chi connectivity index (χ2v) is 5.35. The maximum absolute atomic E-state index is 6.09. The number of hydrogen-bond acceptors (Lipinski definition) is 2. The van der Waals surface area contributed by atoms with Crippen molar-refractivity contribution in [1.29, 1.82) is 0 Å². The summed E-state index contributed by atoms with van der Waals surface area (Å²) >= 11 is 12.0. The van der Waals surface area contributed by atoms with Crippen molar-refractivity contribution in [3.05, 3.63) is 28.0 Å². The van der Waals surface area contributed by atoms with Gasteiger partial charge in [-0.05, 0) is 44.9 Å². The molecule has 1 heterocycles. The molecule has 0 saturated heterocycles. The maximum atomic E-state index is 6.09. The van der Waals surface area contributed by atoms with E-state index in [0.717, 1.165) is 18.2 Å². The lowest BCUT2D eigenvalue weighted by Crippen LogP contribution is -2.30. The Bertz CT molecular complexity index is 377. The SMILES string of the molecule is CC(C1CC1)N(C)Cc1nc(Cl)ccc1Cl. The van der Waals surface area contributed by atoms with Gasteiger partial charge in [0.1, 0.15) is 5.15 Å². The summed E-state index contributed by atoms with van der Waals surface area (Å²) in [5.41, 5.74) is 0.865. The van der Waals surface area contributed by atoms with Gasteiger partial charge in [0.2, 0.25) is 0 Å². The van der Waals surface area contributed by atoms with Crippen molar-refractivity contribution >= 4 is 23.2 Å². The number of nitrogens with zero attached hydrogens (tertiary/aromatic N) is 2. The first kappa shape index (κ1) is 12.2. The first-order valence-corrected chi connectivity index (χ1v) is 6.34. The van der Waals surface area contributed by atoms with Crippen LogP contribution in [0.5, 0.6) is 0 Å². The third-order valence-electron chi connectivity index (χ3n) is 3.28. The van der Waals surface area contributed by atoms with Gasteiger partial charge in [0.15, 0.2) is 0 Å². The van der Waals surface area contributed by atoms with Crippen LogP contribution in [-0.2, 0) is 6.54 Å². The zero-order chi connectivity index (χ0) is 11.7. The Hall–Kier alpha value is -0.310. The fourth-order valence-corrected chi connectivity index (χ4v) is 2.22. The fourth-order valence-electron chi connectivity index (χ4n) is 1.89. The monoisotopic (exact) mass is 258 g/mol. The number of rotatable bonds is 4. The van der Waals surface area contributed by atoms with Crippen molar-refractivity contribution in [3.8, 4) is 0 Å². The van der Waals surface area contributed by atoms with E-state index in [4.69, 9.17) is 23.2 Å². The first-order valence-electron chi connectivity index (χ1n) is 5.59. The smallest absolute Gasteiger partial charge is 0.129 e. The molecule has 1 atom stereocenters. The fraction of sp³-hybridized carbons (Fsp3) is 0.583. The molecule has 88 valence electrons. The molecule has 1 unspecified atom stereocenters. The van der Waals surface area contributed by atoms with Gasteiger partial charge in [-0.15, -0.1) is 0 Å². The second kappa shape index (κ2) is 4.91. The molecule has 2 rings (SSSR count). The van der Waals surface area contributed by atoms with Crippen LogP contribution in [0.15, 0.2) is 12.1 Å². The van der Waals surface area contributed by atoms with Crippen molar-refractivity contribution in [1.82, 2.24) is 9.88 Å². The predicted molar refractivity (Wildman–Crippen MR) is 67.9 cm³/mol. The van der Waals surface area contributed by atoms with Crippen molar-refractivity contribution in [2.45, 2.75) is 32.4 Å². The Morgan fingerprint density at radius 1 is 1.44 bits per heavy atom. The lowest BCUT2D eigenvalue weighted by molar-refractivity contribution is 0.224. The van der Waals surface area contributed by atoms with E-state index >= 15 is 0 Å². The first-order chi connectivity index (χ1) is 7.58. The van der Waals surface area contributed by atoms with Crippen LogP contribution in [0.25, 0.3) is 0 Å². The molecule has 0 bridgehead atoms. The number of hydrogen-bond donors (Lipinski definition) is 0. The van der Waals surface area contributed by atoms with E-state index in [0.29, 0.717) is 16.2 Å². The Morgan fingerprint density at radius 3 is 2.75 bits per heavy atom. The minimum atomic E-state index is 0.506. The Morgan fingerprint density at radius 2 is 2.12 bits per heavy atom. The van der Waals surface area contributed by atoms with Crippen molar-refractivity contribution < 1.29 is 0 Å². The third kappa shape index (κ3) is 2.88.